The molecule has 0 radical (unpaired) electrons. The van der Waals surface area contributed by atoms with E-state index in [1.54, 1.807) is 25.2 Å². The lowest BCUT2D eigenvalue weighted by Crippen LogP contribution is -2.21. The highest BCUT2D eigenvalue weighted by Crippen LogP contribution is 2.19. The number of nitrogens with zero attached hydrogens (tertiary/aromatic N) is 1. The molecular formula is C15H15F2N3. The maximum Gasteiger partial charge on any atom is 0.125 e. The van der Waals surface area contributed by atoms with Crippen LogP contribution in [0.15, 0.2) is 42.5 Å². The zero-order chi connectivity index (χ0) is 14.7. The first kappa shape index (κ1) is 14.0. The van der Waals surface area contributed by atoms with Gasteiger partial charge in [0.25, 0.3) is 0 Å². The lowest BCUT2D eigenvalue weighted by Gasteiger charge is -2.21. The van der Waals surface area contributed by atoms with Crippen molar-refractivity contribution in [3.8, 4) is 0 Å². The second-order valence-corrected chi connectivity index (χ2v) is 4.55. The fraction of sp³-hybridized carbons (Fsp3) is 0.133. The zero-order valence-corrected chi connectivity index (χ0v) is 11.0. The molecule has 0 bridgehead atoms. The quantitative estimate of drug-likeness (QED) is 0.666. The standard InChI is InChI=1S/C15H15F2N3/c1-20(13-4-2-3-11(16)7-13)9-10-5-6-12(17)8-14(10)15(18)19/h2-8H,9H2,1H3,(H3,18,19). The molecule has 5 heteroatoms. The highest BCUT2D eigenvalue weighted by Gasteiger charge is 2.10. The molecule has 0 atom stereocenters. The van der Waals surface area contributed by atoms with Crippen LogP contribution >= 0.6 is 0 Å². The Kier molecular flexibility index (Phi) is 3.98. The van der Waals surface area contributed by atoms with Gasteiger partial charge in [-0.1, -0.05) is 12.1 Å². The molecule has 0 aliphatic heterocycles. The molecule has 0 aliphatic rings. The lowest BCUT2D eigenvalue weighted by atomic mass is 10.1. The minimum Gasteiger partial charge on any atom is -0.384 e. The van der Waals surface area contributed by atoms with Gasteiger partial charge in [-0.15, -0.1) is 0 Å². The van der Waals surface area contributed by atoms with Gasteiger partial charge in [0, 0.05) is 24.8 Å². The van der Waals surface area contributed by atoms with E-state index in [1.807, 2.05) is 4.90 Å². The van der Waals surface area contributed by atoms with Crippen molar-refractivity contribution in [2.24, 2.45) is 5.73 Å². The first-order valence-corrected chi connectivity index (χ1v) is 6.07. The van der Waals surface area contributed by atoms with Crippen LogP contribution in [0.3, 0.4) is 0 Å². The smallest absolute Gasteiger partial charge is 0.125 e. The van der Waals surface area contributed by atoms with E-state index in [0.29, 0.717) is 23.4 Å². The first-order valence-electron chi connectivity index (χ1n) is 6.07. The second-order valence-electron chi connectivity index (χ2n) is 4.55. The number of hydrogen-bond donors (Lipinski definition) is 2. The lowest BCUT2D eigenvalue weighted by molar-refractivity contribution is 0.626. The maximum absolute atomic E-state index is 13.2. The van der Waals surface area contributed by atoms with Crippen LogP contribution in [0.4, 0.5) is 14.5 Å². The average molecular weight is 275 g/mol. The van der Waals surface area contributed by atoms with E-state index in [0.717, 1.165) is 0 Å². The van der Waals surface area contributed by atoms with E-state index in [4.69, 9.17) is 11.1 Å². The van der Waals surface area contributed by atoms with E-state index < -0.39 is 5.82 Å². The third kappa shape index (κ3) is 3.12. The van der Waals surface area contributed by atoms with Crippen molar-refractivity contribution >= 4 is 11.5 Å². The van der Waals surface area contributed by atoms with Gasteiger partial charge in [-0.05, 0) is 35.9 Å². The minimum absolute atomic E-state index is 0.188. The molecule has 0 spiro atoms. The third-order valence-corrected chi connectivity index (χ3v) is 3.02. The second kappa shape index (κ2) is 5.69. The van der Waals surface area contributed by atoms with Crippen molar-refractivity contribution in [2.45, 2.75) is 6.54 Å². The molecule has 0 fully saturated rings. The van der Waals surface area contributed by atoms with E-state index >= 15 is 0 Å². The summed E-state index contributed by atoms with van der Waals surface area (Å²) in [6.07, 6.45) is 0. The molecule has 0 saturated heterocycles. The van der Waals surface area contributed by atoms with Crippen LogP contribution in [-0.4, -0.2) is 12.9 Å². The summed E-state index contributed by atoms with van der Waals surface area (Å²) >= 11 is 0. The molecule has 104 valence electrons. The van der Waals surface area contributed by atoms with Crippen LogP contribution in [0.25, 0.3) is 0 Å². The van der Waals surface area contributed by atoms with E-state index in [-0.39, 0.29) is 11.7 Å². The van der Waals surface area contributed by atoms with Gasteiger partial charge in [-0.25, -0.2) is 8.78 Å². The predicted octanol–water partition coefficient (Wildman–Crippen LogP) is 2.89. The molecule has 0 saturated carbocycles. The number of nitrogens with two attached hydrogens (primary N) is 1. The Morgan fingerprint density at radius 2 is 1.85 bits per heavy atom. The predicted molar refractivity (Wildman–Crippen MR) is 75.9 cm³/mol. The van der Waals surface area contributed by atoms with Gasteiger partial charge in [0.2, 0.25) is 0 Å². The molecular weight excluding hydrogens is 260 g/mol. The number of halogens is 2. The topological polar surface area (TPSA) is 53.1 Å². The molecule has 20 heavy (non-hydrogen) atoms. The number of benzene rings is 2. The molecule has 0 heterocycles. The summed E-state index contributed by atoms with van der Waals surface area (Å²) in [5.74, 6) is -0.945. The van der Waals surface area contributed by atoms with Gasteiger partial charge in [0.05, 0.1) is 0 Å². The molecule has 0 amide bonds. The number of amidine groups is 1. The van der Waals surface area contributed by atoms with Crippen LogP contribution in [0.1, 0.15) is 11.1 Å². The number of nitrogen functional groups attached to an aromatic ring is 1. The first-order chi connectivity index (χ1) is 9.47. The summed E-state index contributed by atoms with van der Waals surface area (Å²) < 4.78 is 26.4. The SMILES string of the molecule is CN(Cc1ccc(F)cc1C(=N)N)c1cccc(F)c1. The van der Waals surface area contributed by atoms with Crippen molar-refractivity contribution in [3.63, 3.8) is 0 Å². The van der Waals surface area contributed by atoms with Crippen molar-refractivity contribution in [1.29, 1.82) is 5.41 Å². The third-order valence-electron chi connectivity index (χ3n) is 3.02. The van der Waals surface area contributed by atoms with Crippen LogP contribution < -0.4 is 10.6 Å². The largest absolute Gasteiger partial charge is 0.384 e. The summed E-state index contributed by atoms with van der Waals surface area (Å²) in [7, 11) is 1.79. The molecule has 2 aromatic rings. The Hall–Kier alpha value is -2.43. The minimum atomic E-state index is -0.438. The summed E-state index contributed by atoms with van der Waals surface area (Å²) in [4.78, 5) is 1.81. The normalized spacial score (nSPS) is 10.3. The number of hydrogen-bond acceptors (Lipinski definition) is 2. The van der Waals surface area contributed by atoms with Gasteiger partial charge in [0.15, 0.2) is 0 Å². The molecule has 0 aliphatic carbocycles. The highest BCUT2D eigenvalue weighted by molar-refractivity contribution is 5.96. The van der Waals surface area contributed by atoms with Gasteiger partial charge < -0.3 is 10.6 Å². The zero-order valence-electron chi connectivity index (χ0n) is 11.0. The van der Waals surface area contributed by atoms with Crippen molar-refractivity contribution in [1.82, 2.24) is 0 Å². The number of nitrogens with one attached hydrogen (secondary N) is 1. The van der Waals surface area contributed by atoms with Gasteiger partial charge in [-0.3, -0.25) is 5.41 Å². The van der Waals surface area contributed by atoms with E-state index in [2.05, 4.69) is 0 Å². The van der Waals surface area contributed by atoms with E-state index in [1.165, 1.54) is 24.3 Å². The van der Waals surface area contributed by atoms with Crippen LogP contribution in [0.5, 0.6) is 0 Å². The van der Waals surface area contributed by atoms with E-state index in [9.17, 15) is 8.78 Å². The molecule has 0 unspecified atom stereocenters. The summed E-state index contributed by atoms with van der Waals surface area (Å²) in [5.41, 5.74) is 7.23. The molecule has 3 N–H and O–H groups in total. The van der Waals surface area contributed by atoms with Crippen LogP contribution in [-0.2, 0) is 6.54 Å². The summed E-state index contributed by atoms with van der Waals surface area (Å²) in [6.45, 7) is 0.401. The Bertz CT molecular complexity index is 641. The van der Waals surface area contributed by atoms with Gasteiger partial charge in [0.1, 0.15) is 17.5 Å². The summed E-state index contributed by atoms with van der Waals surface area (Å²) in [6, 6.07) is 10.3. The fourth-order valence-electron chi connectivity index (χ4n) is 2.00. The Labute approximate surface area is 116 Å². The van der Waals surface area contributed by atoms with Gasteiger partial charge in [-0.2, -0.15) is 0 Å². The van der Waals surface area contributed by atoms with Crippen LogP contribution in [0.2, 0.25) is 0 Å². The van der Waals surface area contributed by atoms with Crippen molar-refractivity contribution < 1.29 is 8.78 Å². The van der Waals surface area contributed by atoms with Crippen molar-refractivity contribution in [3.05, 3.63) is 65.2 Å². The van der Waals surface area contributed by atoms with Gasteiger partial charge >= 0.3 is 0 Å². The number of rotatable bonds is 4. The molecule has 3 nitrogen and oxygen atoms in total. The number of anilines is 1. The molecule has 2 rings (SSSR count). The fourth-order valence-corrected chi connectivity index (χ4v) is 2.00. The molecule has 2 aromatic carbocycles. The Morgan fingerprint density at radius 3 is 2.50 bits per heavy atom. The van der Waals surface area contributed by atoms with Crippen LogP contribution in [0, 0.1) is 17.0 Å². The Balaban J connectivity index is 2.28. The maximum atomic E-state index is 13.2. The monoisotopic (exact) mass is 275 g/mol. The Morgan fingerprint density at radius 1 is 1.15 bits per heavy atom. The van der Waals surface area contributed by atoms with Crippen molar-refractivity contribution in [2.75, 3.05) is 11.9 Å². The molecule has 0 aromatic heterocycles. The highest BCUT2D eigenvalue weighted by atomic mass is 19.1. The average Bonchev–Trinajstić information content (AvgIpc) is 2.40. The summed E-state index contributed by atoms with van der Waals surface area (Å²) in [5, 5.41) is 7.49.